The molecule has 2 rings (SSSR count). The Morgan fingerprint density at radius 1 is 1.12 bits per heavy atom. The maximum Gasteiger partial charge on any atom is 0.573 e. The molecule has 2 aromatic rings. The molecular weight excluding hydrogens is 351 g/mol. The SMILES string of the molecule is CC(NC(=O)CCSc1ccccc1)c1ccc(OC(F)(F)F)cc1. The Morgan fingerprint density at radius 3 is 2.36 bits per heavy atom. The summed E-state index contributed by atoms with van der Waals surface area (Å²) in [6, 6.07) is 15.0. The lowest BCUT2D eigenvalue weighted by atomic mass is 10.1. The summed E-state index contributed by atoms with van der Waals surface area (Å²) in [5.74, 6) is 0.265. The first-order valence-corrected chi connectivity index (χ1v) is 8.65. The van der Waals surface area contributed by atoms with Crippen LogP contribution in [0.2, 0.25) is 0 Å². The average molecular weight is 369 g/mol. The van der Waals surface area contributed by atoms with Crippen molar-refractivity contribution >= 4 is 17.7 Å². The summed E-state index contributed by atoms with van der Waals surface area (Å²) >= 11 is 1.59. The predicted octanol–water partition coefficient (Wildman–Crippen LogP) is 4.94. The van der Waals surface area contributed by atoms with E-state index >= 15 is 0 Å². The maximum absolute atomic E-state index is 12.1. The van der Waals surface area contributed by atoms with Crippen LogP contribution in [0.3, 0.4) is 0 Å². The molecule has 1 N–H and O–H groups in total. The summed E-state index contributed by atoms with van der Waals surface area (Å²) < 4.78 is 40.2. The van der Waals surface area contributed by atoms with Crippen LogP contribution < -0.4 is 10.1 Å². The van der Waals surface area contributed by atoms with E-state index in [1.165, 1.54) is 24.3 Å². The first-order chi connectivity index (χ1) is 11.8. The molecule has 7 heteroatoms. The molecule has 0 heterocycles. The molecular formula is C18H18F3NO2S. The quantitative estimate of drug-likeness (QED) is 0.702. The second-order valence-electron chi connectivity index (χ2n) is 5.32. The number of thioether (sulfide) groups is 1. The number of carbonyl (C=O) groups excluding carboxylic acids is 1. The van der Waals surface area contributed by atoms with Gasteiger partial charge in [-0.1, -0.05) is 30.3 Å². The molecule has 134 valence electrons. The second kappa shape index (κ2) is 8.80. The van der Waals surface area contributed by atoms with Gasteiger partial charge in [-0.05, 0) is 36.8 Å². The van der Waals surface area contributed by atoms with Crippen LogP contribution in [0.1, 0.15) is 24.9 Å². The van der Waals surface area contributed by atoms with E-state index in [-0.39, 0.29) is 17.7 Å². The molecule has 2 aromatic carbocycles. The minimum Gasteiger partial charge on any atom is -0.406 e. The Labute approximate surface area is 148 Å². The van der Waals surface area contributed by atoms with Crippen molar-refractivity contribution in [1.82, 2.24) is 5.32 Å². The second-order valence-corrected chi connectivity index (χ2v) is 6.49. The Balaban J connectivity index is 1.78. The number of ether oxygens (including phenoxy) is 1. The van der Waals surface area contributed by atoms with E-state index in [0.717, 1.165) is 4.90 Å². The first-order valence-electron chi connectivity index (χ1n) is 7.66. The van der Waals surface area contributed by atoms with E-state index < -0.39 is 6.36 Å². The van der Waals surface area contributed by atoms with E-state index in [9.17, 15) is 18.0 Å². The lowest BCUT2D eigenvalue weighted by Gasteiger charge is -2.15. The number of nitrogens with one attached hydrogen (secondary N) is 1. The van der Waals surface area contributed by atoms with Gasteiger partial charge in [0.05, 0.1) is 6.04 Å². The van der Waals surface area contributed by atoms with Crippen molar-refractivity contribution in [2.24, 2.45) is 0 Å². The van der Waals surface area contributed by atoms with Crippen molar-refractivity contribution in [3.8, 4) is 5.75 Å². The van der Waals surface area contributed by atoms with E-state index in [4.69, 9.17) is 0 Å². The highest BCUT2D eigenvalue weighted by Crippen LogP contribution is 2.24. The normalized spacial score (nSPS) is 12.5. The van der Waals surface area contributed by atoms with Gasteiger partial charge in [0.15, 0.2) is 0 Å². The van der Waals surface area contributed by atoms with Crippen LogP contribution in [0.15, 0.2) is 59.5 Å². The van der Waals surface area contributed by atoms with Gasteiger partial charge < -0.3 is 10.1 Å². The van der Waals surface area contributed by atoms with Crippen molar-refractivity contribution in [3.05, 3.63) is 60.2 Å². The van der Waals surface area contributed by atoms with Gasteiger partial charge in [-0.15, -0.1) is 24.9 Å². The molecule has 0 aromatic heterocycles. The molecule has 0 aliphatic carbocycles. The van der Waals surface area contributed by atoms with Crippen LogP contribution in [-0.4, -0.2) is 18.0 Å². The molecule has 0 radical (unpaired) electrons. The zero-order valence-electron chi connectivity index (χ0n) is 13.5. The standard InChI is InChI=1S/C18H18F3NO2S/c1-13(14-7-9-15(10-8-14)24-18(19,20)21)22-17(23)11-12-25-16-5-3-2-4-6-16/h2-10,13H,11-12H2,1H3,(H,22,23). The Bertz CT molecular complexity index is 675. The summed E-state index contributed by atoms with van der Waals surface area (Å²) in [5.41, 5.74) is 0.707. The molecule has 0 saturated carbocycles. The molecule has 1 atom stereocenters. The van der Waals surface area contributed by atoms with Crippen LogP contribution in [0.5, 0.6) is 5.75 Å². The third-order valence-corrected chi connectivity index (χ3v) is 4.35. The monoisotopic (exact) mass is 369 g/mol. The van der Waals surface area contributed by atoms with E-state index in [1.54, 1.807) is 18.7 Å². The lowest BCUT2D eigenvalue weighted by molar-refractivity contribution is -0.274. The van der Waals surface area contributed by atoms with Crippen LogP contribution >= 0.6 is 11.8 Å². The lowest BCUT2D eigenvalue weighted by Crippen LogP contribution is -2.26. The van der Waals surface area contributed by atoms with Gasteiger partial charge in [-0.3, -0.25) is 4.79 Å². The highest BCUT2D eigenvalue weighted by molar-refractivity contribution is 7.99. The van der Waals surface area contributed by atoms with Gasteiger partial charge in [0.2, 0.25) is 5.91 Å². The first kappa shape index (κ1) is 19.2. The van der Waals surface area contributed by atoms with Gasteiger partial charge in [-0.25, -0.2) is 0 Å². The summed E-state index contributed by atoms with van der Waals surface area (Å²) in [6.45, 7) is 1.78. The summed E-state index contributed by atoms with van der Waals surface area (Å²) in [4.78, 5) is 13.1. The molecule has 1 amide bonds. The summed E-state index contributed by atoms with van der Waals surface area (Å²) in [6.07, 6.45) is -4.35. The molecule has 0 saturated heterocycles. The fourth-order valence-corrected chi connectivity index (χ4v) is 3.01. The molecule has 3 nitrogen and oxygen atoms in total. The van der Waals surface area contributed by atoms with Gasteiger partial charge in [0.1, 0.15) is 5.75 Å². The Morgan fingerprint density at radius 2 is 1.76 bits per heavy atom. The number of carbonyl (C=O) groups is 1. The average Bonchev–Trinajstić information content (AvgIpc) is 2.55. The summed E-state index contributed by atoms with van der Waals surface area (Å²) in [5, 5.41) is 2.83. The van der Waals surface area contributed by atoms with Crippen molar-refractivity contribution in [3.63, 3.8) is 0 Å². The zero-order chi connectivity index (χ0) is 18.3. The van der Waals surface area contributed by atoms with E-state index in [2.05, 4.69) is 10.1 Å². The molecule has 25 heavy (non-hydrogen) atoms. The number of rotatable bonds is 7. The topological polar surface area (TPSA) is 38.3 Å². The van der Waals surface area contributed by atoms with Crippen LogP contribution in [0.4, 0.5) is 13.2 Å². The van der Waals surface area contributed by atoms with Gasteiger partial charge in [0.25, 0.3) is 0 Å². The van der Waals surface area contributed by atoms with Gasteiger partial charge in [-0.2, -0.15) is 0 Å². The zero-order valence-corrected chi connectivity index (χ0v) is 14.4. The molecule has 0 fully saturated rings. The van der Waals surface area contributed by atoms with Crippen LogP contribution in [0.25, 0.3) is 0 Å². The predicted molar refractivity (Wildman–Crippen MR) is 91.5 cm³/mol. The Hall–Kier alpha value is -2.15. The van der Waals surface area contributed by atoms with Gasteiger partial charge in [0, 0.05) is 17.1 Å². The third kappa shape index (κ3) is 7.09. The number of halogens is 3. The van der Waals surface area contributed by atoms with Crippen molar-refractivity contribution in [2.45, 2.75) is 30.6 Å². The minimum atomic E-state index is -4.71. The van der Waals surface area contributed by atoms with Crippen LogP contribution in [-0.2, 0) is 4.79 Å². The smallest absolute Gasteiger partial charge is 0.406 e. The number of amides is 1. The number of alkyl halides is 3. The minimum absolute atomic E-state index is 0.105. The fourth-order valence-electron chi connectivity index (χ4n) is 2.13. The van der Waals surface area contributed by atoms with Crippen molar-refractivity contribution in [1.29, 1.82) is 0 Å². The highest BCUT2D eigenvalue weighted by atomic mass is 32.2. The van der Waals surface area contributed by atoms with Gasteiger partial charge >= 0.3 is 6.36 Å². The van der Waals surface area contributed by atoms with Crippen LogP contribution in [0, 0.1) is 0 Å². The number of benzene rings is 2. The Kier molecular flexibility index (Phi) is 6.75. The molecule has 0 aliphatic rings. The van der Waals surface area contributed by atoms with E-state index in [0.29, 0.717) is 17.7 Å². The fraction of sp³-hybridized carbons (Fsp3) is 0.278. The number of hydrogen-bond acceptors (Lipinski definition) is 3. The molecule has 1 unspecified atom stereocenters. The number of hydrogen-bond donors (Lipinski definition) is 1. The highest BCUT2D eigenvalue weighted by Gasteiger charge is 2.31. The maximum atomic E-state index is 12.1. The molecule has 0 bridgehead atoms. The largest absolute Gasteiger partial charge is 0.573 e. The molecule has 0 aliphatic heterocycles. The van der Waals surface area contributed by atoms with E-state index in [1.807, 2.05) is 30.3 Å². The van der Waals surface area contributed by atoms with Crippen molar-refractivity contribution in [2.75, 3.05) is 5.75 Å². The third-order valence-electron chi connectivity index (χ3n) is 3.33. The molecule has 0 spiro atoms. The summed E-state index contributed by atoms with van der Waals surface area (Å²) in [7, 11) is 0. The van der Waals surface area contributed by atoms with Crippen molar-refractivity contribution < 1.29 is 22.7 Å².